The third kappa shape index (κ3) is 4.75. The summed E-state index contributed by atoms with van der Waals surface area (Å²) in [5, 5.41) is 4.36. The van der Waals surface area contributed by atoms with E-state index in [1.54, 1.807) is 11.8 Å². The van der Waals surface area contributed by atoms with Crippen LogP contribution in [-0.2, 0) is 6.54 Å². The summed E-state index contributed by atoms with van der Waals surface area (Å²) in [4.78, 5) is 14.4. The third-order valence-electron chi connectivity index (χ3n) is 4.54. The quantitative estimate of drug-likeness (QED) is 0.358. The van der Waals surface area contributed by atoms with E-state index in [-0.39, 0.29) is 5.54 Å². The Kier molecular flexibility index (Phi) is 6.26. The van der Waals surface area contributed by atoms with Crippen molar-refractivity contribution in [3.63, 3.8) is 0 Å². The smallest absolute Gasteiger partial charge is 0.175 e. The molecule has 4 rings (SSSR count). The average molecular weight is 544 g/mol. The normalized spacial score (nSPS) is 13.7. The van der Waals surface area contributed by atoms with Crippen LogP contribution < -0.4 is 20.5 Å². The Morgan fingerprint density at radius 1 is 1.20 bits per heavy atom. The largest absolute Gasteiger partial charge is 0.486 e. The average Bonchev–Trinajstić information content (AvgIpc) is 3.04. The van der Waals surface area contributed by atoms with Crippen LogP contribution in [0.15, 0.2) is 28.5 Å². The molecular weight excluding hydrogens is 519 g/mol. The van der Waals surface area contributed by atoms with Crippen LogP contribution in [0.3, 0.4) is 0 Å². The van der Waals surface area contributed by atoms with Crippen molar-refractivity contribution in [2.24, 2.45) is 0 Å². The van der Waals surface area contributed by atoms with Gasteiger partial charge in [0.1, 0.15) is 19.5 Å². The van der Waals surface area contributed by atoms with E-state index in [1.807, 2.05) is 12.1 Å². The number of nitrogens with two attached hydrogens (primary N) is 1. The standard InChI is InChI=1S/C20H25IN6O2S/c1-20(2,3)25-5-4-6-27-18-16(17(22)23-11-24-18)26-19(27)30-15-10-14-13(9-12(15)21)28-7-8-29-14/h9-11,25H,4-8H2,1-3H3,(H2,22,23,24)/i21+4. The van der Waals surface area contributed by atoms with Gasteiger partial charge in [-0.15, -0.1) is 0 Å². The number of aromatic nitrogens is 4. The third-order valence-corrected chi connectivity index (χ3v) is 6.85. The number of fused-ring (bicyclic) bond motifs is 2. The Morgan fingerprint density at radius 2 is 1.93 bits per heavy atom. The highest BCUT2D eigenvalue weighted by Gasteiger charge is 2.20. The van der Waals surface area contributed by atoms with Gasteiger partial charge >= 0.3 is 0 Å². The molecule has 3 N–H and O–H groups in total. The lowest BCUT2D eigenvalue weighted by molar-refractivity contribution is 0.171. The Morgan fingerprint density at radius 3 is 2.67 bits per heavy atom. The summed E-state index contributed by atoms with van der Waals surface area (Å²) in [5.41, 5.74) is 7.56. The van der Waals surface area contributed by atoms with Gasteiger partial charge in [-0.05, 0) is 68.5 Å². The van der Waals surface area contributed by atoms with E-state index in [0.717, 1.165) is 50.3 Å². The molecule has 0 fully saturated rings. The molecule has 3 heterocycles. The monoisotopic (exact) mass is 544 g/mol. The van der Waals surface area contributed by atoms with Crippen LogP contribution in [0.1, 0.15) is 27.2 Å². The van der Waals surface area contributed by atoms with Crippen LogP contribution in [0, 0.1) is 3.57 Å². The number of rotatable bonds is 6. The molecule has 1 aromatic carbocycles. The number of aryl methyl sites for hydroxylation is 1. The van der Waals surface area contributed by atoms with E-state index in [2.05, 4.69) is 63.2 Å². The molecule has 10 heteroatoms. The van der Waals surface area contributed by atoms with E-state index in [0.29, 0.717) is 24.5 Å². The number of anilines is 1. The molecule has 0 aliphatic carbocycles. The van der Waals surface area contributed by atoms with Crippen molar-refractivity contribution < 1.29 is 9.47 Å². The van der Waals surface area contributed by atoms with E-state index < -0.39 is 0 Å². The number of hydrogen-bond acceptors (Lipinski definition) is 8. The van der Waals surface area contributed by atoms with Gasteiger partial charge in [0.2, 0.25) is 0 Å². The summed E-state index contributed by atoms with van der Waals surface area (Å²) < 4.78 is 14.6. The minimum atomic E-state index is 0.0858. The second-order valence-electron chi connectivity index (χ2n) is 8.04. The minimum absolute atomic E-state index is 0.0858. The molecule has 0 unspecified atom stereocenters. The fourth-order valence-electron chi connectivity index (χ4n) is 3.14. The Labute approximate surface area is 193 Å². The maximum absolute atomic E-state index is 6.08. The summed E-state index contributed by atoms with van der Waals surface area (Å²) in [5.74, 6) is 1.94. The fraction of sp³-hybridized carbons (Fsp3) is 0.450. The summed E-state index contributed by atoms with van der Waals surface area (Å²) >= 11 is 3.89. The van der Waals surface area contributed by atoms with Crippen LogP contribution in [0.4, 0.5) is 5.82 Å². The molecule has 2 aromatic heterocycles. The second kappa shape index (κ2) is 8.75. The number of nitrogen functional groups attached to an aromatic ring is 1. The molecule has 1 aliphatic rings. The van der Waals surface area contributed by atoms with Crippen LogP contribution in [0.25, 0.3) is 11.2 Å². The molecule has 0 saturated carbocycles. The van der Waals surface area contributed by atoms with Crippen molar-refractivity contribution in [1.82, 2.24) is 24.8 Å². The lowest BCUT2D eigenvalue weighted by atomic mass is 10.1. The van der Waals surface area contributed by atoms with E-state index in [4.69, 9.17) is 20.2 Å². The van der Waals surface area contributed by atoms with Crippen molar-refractivity contribution in [3.8, 4) is 11.5 Å². The van der Waals surface area contributed by atoms with Gasteiger partial charge in [0.15, 0.2) is 33.6 Å². The second-order valence-corrected chi connectivity index (χ2v) is 10.2. The van der Waals surface area contributed by atoms with Crippen molar-refractivity contribution in [3.05, 3.63) is 22.0 Å². The Balaban J connectivity index is 1.64. The van der Waals surface area contributed by atoms with Crippen LogP contribution in [-0.4, -0.2) is 44.8 Å². The number of nitrogens with zero attached hydrogens (tertiary/aromatic N) is 4. The van der Waals surface area contributed by atoms with E-state index >= 15 is 0 Å². The molecule has 1 aliphatic heterocycles. The van der Waals surface area contributed by atoms with Crippen molar-refractivity contribution in [1.29, 1.82) is 0 Å². The molecule has 30 heavy (non-hydrogen) atoms. The SMILES string of the molecule is CC(C)(C)NCCCn1c(Sc2cc3c(cc2[131I])OCCO3)nc2c(N)ncnc21. The number of hydrogen-bond donors (Lipinski definition) is 2. The lowest BCUT2D eigenvalue weighted by Crippen LogP contribution is -2.36. The number of imidazole rings is 1. The predicted octanol–water partition coefficient (Wildman–Crippen LogP) is 3.71. The zero-order valence-corrected chi connectivity index (χ0v) is 20.2. The van der Waals surface area contributed by atoms with Crippen LogP contribution in [0.2, 0.25) is 0 Å². The first-order valence-electron chi connectivity index (χ1n) is 9.80. The van der Waals surface area contributed by atoms with Gasteiger partial charge in [-0.1, -0.05) is 11.8 Å². The van der Waals surface area contributed by atoms with Gasteiger partial charge in [-0.2, -0.15) is 0 Å². The van der Waals surface area contributed by atoms with Gasteiger partial charge in [0, 0.05) is 20.5 Å². The minimum Gasteiger partial charge on any atom is -0.486 e. The molecule has 8 nitrogen and oxygen atoms in total. The van der Waals surface area contributed by atoms with Crippen molar-refractivity contribution in [2.75, 3.05) is 25.5 Å². The molecule has 0 amide bonds. The highest BCUT2D eigenvalue weighted by Crippen LogP contribution is 2.40. The highest BCUT2D eigenvalue weighted by atomic mass is 131. The molecule has 0 spiro atoms. The molecular formula is C20H25IN6O2S. The lowest BCUT2D eigenvalue weighted by Gasteiger charge is -2.21. The van der Waals surface area contributed by atoms with Crippen LogP contribution in [0.5, 0.6) is 11.5 Å². The zero-order valence-electron chi connectivity index (χ0n) is 17.2. The Bertz CT molecular complexity index is 1070. The number of benzene rings is 1. The van der Waals surface area contributed by atoms with E-state index in [1.165, 1.54) is 6.33 Å². The van der Waals surface area contributed by atoms with E-state index in [9.17, 15) is 0 Å². The van der Waals surface area contributed by atoms with Gasteiger partial charge in [0.25, 0.3) is 0 Å². The number of nitrogens with one attached hydrogen (secondary N) is 1. The van der Waals surface area contributed by atoms with Gasteiger partial charge in [0.05, 0.1) is 0 Å². The van der Waals surface area contributed by atoms with Gasteiger partial charge in [-0.3, -0.25) is 0 Å². The number of halogens is 1. The van der Waals surface area contributed by atoms with Crippen molar-refractivity contribution in [2.45, 2.75) is 49.3 Å². The molecule has 0 atom stereocenters. The zero-order chi connectivity index (χ0) is 21.3. The van der Waals surface area contributed by atoms with Crippen molar-refractivity contribution >= 4 is 51.3 Å². The Hall–Kier alpha value is -1.79. The highest BCUT2D eigenvalue weighted by molar-refractivity contribution is 14.1. The summed E-state index contributed by atoms with van der Waals surface area (Å²) in [6.07, 6.45) is 2.43. The van der Waals surface area contributed by atoms with Crippen LogP contribution >= 0.6 is 34.4 Å². The number of ether oxygens (including phenoxy) is 2. The topological polar surface area (TPSA) is 100 Å². The van der Waals surface area contributed by atoms with Gasteiger partial charge < -0.3 is 25.1 Å². The molecule has 160 valence electrons. The summed E-state index contributed by atoms with van der Waals surface area (Å²) in [7, 11) is 0. The summed E-state index contributed by atoms with van der Waals surface area (Å²) in [6, 6.07) is 4.02. The summed E-state index contributed by atoms with van der Waals surface area (Å²) in [6.45, 7) is 9.31. The fourth-order valence-corrected chi connectivity index (χ4v) is 4.85. The maximum Gasteiger partial charge on any atom is 0.175 e. The first-order chi connectivity index (χ1) is 14.3. The molecule has 0 saturated heterocycles. The first-order valence-corrected chi connectivity index (χ1v) is 11.7. The molecule has 3 aromatic rings. The predicted molar refractivity (Wildman–Crippen MR) is 126 cm³/mol. The first kappa shape index (κ1) is 21.4. The maximum atomic E-state index is 6.08. The molecule has 0 radical (unpaired) electrons. The molecule has 0 bridgehead atoms. The van der Waals surface area contributed by atoms with Gasteiger partial charge in [-0.25, -0.2) is 15.0 Å².